The summed E-state index contributed by atoms with van der Waals surface area (Å²) in [7, 11) is 0. The molecule has 1 aliphatic carbocycles. The zero-order chi connectivity index (χ0) is 27.0. The van der Waals surface area contributed by atoms with Crippen molar-refractivity contribution in [3.05, 3.63) is 111 Å². The Morgan fingerprint density at radius 1 is 0.895 bits per heavy atom. The second-order valence-corrected chi connectivity index (χ2v) is 11.2. The van der Waals surface area contributed by atoms with Gasteiger partial charge in [-0.1, -0.05) is 87.5 Å². The molecule has 1 fully saturated rings. The molecule has 0 N–H and O–H groups in total. The lowest BCUT2D eigenvalue weighted by Gasteiger charge is -2.38. The quantitative estimate of drug-likeness (QED) is 0.259. The molecule has 7 nitrogen and oxygen atoms in total. The molecule has 190 valence electrons. The molecule has 6 rings (SSSR count). The number of rotatable bonds is 3. The third-order valence-corrected chi connectivity index (χ3v) is 8.18. The van der Waals surface area contributed by atoms with E-state index in [4.69, 9.17) is 0 Å². The monoisotopic (exact) mass is 506 g/mol. The molecule has 2 aliphatic heterocycles. The summed E-state index contributed by atoms with van der Waals surface area (Å²) in [5.41, 5.74) is 0.431. The first-order valence-electron chi connectivity index (χ1n) is 12.6. The van der Waals surface area contributed by atoms with Crippen LogP contribution >= 0.6 is 0 Å². The number of anilines is 1. The lowest BCUT2D eigenvalue weighted by molar-refractivity contribution is -0.384. The zero-order valence-electron chi connectivity index (χ0n) is 21.3. The number of non-ortho nitro benzene ring substituents is 1. The SMILES string of the molecule is CC(C)(C)C(=O)[C@H]1[C@H](c2ccc([N+](=O)[O-])cc2)C2(C(=O)c3ccccc3C2=O)[C@H]2C=Cc3ccccc3N12. The van der Waals surface area contributed by atoms with Crippen LogP contribution in [0.3, 0.4) is 0 Å². The number of nitro groups is 1. The van der Waals surface area contributed by atoms with Crippen LogP contribution < -0.4 is 4.90 Å². The average molecular weight is 507 g/mol. The van der Waals surface area contributed by atoms with Crippen molar-refractivity contribution in [3.63, 3.8) is 0 Å². The van der Waals surface area contributed by atoms with Gasteiger partial charge in [0.05, 0.1) is 17.0 Å². The minimum absolute atomic E-state index is 0.102. The van der Waals surface area contributed by atoms with Crippen molar-refractivity contribution in [3.8, 4) is 0 Å². The topological polar surface area (TPSA) is 97.6 Å². The van der Waals surface area contributed by atoms with Gasteiger partial charge in [0.2, 0.25) is 0 Å². The number of para-hydroxylation sites is 1. The molecule has 38 heavy (non-hydrogen) atoms. The van der Waals surface area contributed by atoms with Gasteiger partial charge in [-0.15, -0.1) is 0 Å². The number of ketones is 3. The Bertz CT molecular complexity index is 1530. The van der Waals surface area contributed by atoms with Gasteiger partial charge in [0.1, 0.15) is 5.41 Å². The predicted octanol–water partition coefficient (Wildman–Crippen LogP) is 5.64. The maximum absolute atomic E-state index is 14.5. The number of nitro benzene ring substituents is 1. The number of Topliss-reactive ketones (excluding diaryl/α,β-unsaturated/α-hetero) is 3. The van der Waals surface area contributed by atoms with Gasteiger partial charge in [-0.25, -0.2) is 0 Å². The molecular weight excluding hydrogens is 480 g/mol. The highest BCUT2D eigenvalue weighted by molar-refractivity contribution is 6.32. The van der Waals surface area contributed by atoms with Gasteiger partial charge in [0.15, 0.2) is 17.3 Å². The number of nitrogens with zero attached hydrogens (tertiary/aromatic N) is 2. The molecule has 3 aliphatic rings. The van der Waals surface area contributed by atoms with E-state index in [-0.39, 0.29) is 23.0 Å². The van der Waals surface area contributed by atoms with Crippen LogP contribution in [-0.2, 0) is 4.79 Å². The molecule has 3 aromatic carbocycles. The van der Waals surface area contributed by atoms with E-state index in [0.717, 1.165) is 11.3 Å². The van der Waals surface area contributed by atoms with Crippen molar-refractivity contribution >= 4 is 34.8 Å². The molecule has 0 bridgehead atoms. The average Bonchev–Trinajstić information content (AvgIpc) is 3.34. The Kier molecular flexibility index (Phi) is 5.08. The number of carbonyl (C=O) groups excluding carboxylic acids is 3. The van der Waals surface area contributed by atoms with E-state index in [9.17, 15) is 24.5 Å². The highest BCUT2D eigenvalue weighted by atomic mass is 16.6. The molecule has 2 heterocycles. The largest absolute Gasteiger partial charge is 0.352 e. The van der Waals surface area contributed by atoms with Gasteiger partial charge >= 0.3 is 0 Å². The third kappa shape index (κ3) is 3.05. The lowest BCUT2D eigenvalue weighted by atomic mass is 9.63. The summed E-state index contributed by atoms with van der Waals surface area (Å²) < 4.78 is 0. The van der Waals surface area contributed by atoms with Crippen LogP contribution in [0.25, 0.3) is 6.08 Å². The predicted molar refractivity (Wildman–Crippen MR) is 143 cm³/mol. The van der Waals surface area contributed by atoms with E-state index in [1.54, 1.807) is 36.4 Å². The van der Waals surface area contributed by atoms with E-state index < -0.39 is 33.8 Å². The number of hydrogen-bond donors (Lipinski definition) is 0. The van der Waals surface area contributed by atoms with Gasteiger partial charge in [0, 0.05) is 40.3 Å². The van der Waals surface area contributed by atoms with Crippen LogP contribution in [0.4, 0.5) is 11.4 Å². The summed E-state index contributed by atoms with van der Waals surface area (Å²) >= 11 is 0. The zero-order valence-corrected chi connectivity index (χ0v) is 21.3. The smallest absolute Gasteiger partial charge is 0.269 e. The number of hydrogen-bond acceptors (Lipinski definition) is 6. The van der Waals surface area contributed by atoms with Crippen molar-refractivity contribution in [2.75, 3.05) is 4.90 Å². The van der Waals surface area contributed by atoms with Crippen molar-refractivity contribution < 1.29 is 19.3 Å². The van der Waals surface area contributed by atoms with Crippen LogP contribution in [-0.4, -0.2) is 34.4 Å². The molecular formula is C31H26N2O5. The fourth-order valence-corrected chi connectivity index (χ4v) is 6.54. The number of fused-ring (bicyclic) bond motifs is 5. The van der Waals surface area contributed by atoms with E-state index >= 15 is 0 Å². The summed E-state index contributed by atoms with van der Waals surface area (Å²) in [4.78, 5) is 56.1. The van der Waals surface area contributed by atoms with Crippen molar-refractivity contribution in [1.82, 2.24) is 0 Å². The van der Waals surface area contributed by atoms with Crippen LogP contribution in [0.1, 0.15) is 58.5 Å². The maximum atomic E-state index is 14.5. The van der Waals surface area contributed by atoms with Crippen molar-refractivity contribution in [2.24, 2.45) is 10.8 Å². The highest BCUT2D eigenvalue weighted by Crippen LogP contribution is 2.61. The normalized spacial score (nSPS) is 22.8. The molecule has 3 aromatic rings. The minimum atomic E-state index is -1.60. The Hall–Kier alpha value is -4.39. The molecule has 1 spiro atoms. The van der Waals surface area contributed by atoms with Crippen LogP contribution in [0, 0.1) is 20.9 Å². The molecule has 0 amide bonds. The van der Waals surface area contributed by atoms with Gasteiger partial charge in [-0.2, -0.15) is 0 Å². The fraction of sp³-hybridized carbons (Fsp3) is 0.258. The molecule has 0 aromatic heterocycles. The van der Waals surface area contributed by atoms with E-state index in [2.05, 4.69) is 0 Å². The lowest BCUT2D eigenvalue weighted by Crippen LogP contribution is -2.49. The molecule has 0 radical (unpaired) electrons. The maximum Gasteiger partial charge on any atom is 0.269 e. The third-order valence-electron chi connectivity index (χ3n) is 8.18. The number of carbonyl (C=O) groups is 3. The molecule has 3 atom stereocenters. The number of benzene rings is 3. The van der Waals surface area contributed by atoms with Crippen molar-refractivity contribution in [2.45, 2.75) is 38.8 Å². The first kappa shape index (κ1) is 24.0. The van der Waals surface area contributed by atoms with Crippen molar-refractivity contribution in [1.29, 1.82) is 0 Å². The second-order valence-electron chi connectivity index (χ2n) is 11.2. The summed E-state index contributed by atoms with van der Waals surface area (Å²) in [6, 6.07) is 18.8. The molecule has 0 saturated carbocycles. The van der Waals surface area contributed by atoms with Crippen LogP contribution in [0.2, 0.25) is 0 Å². The van der Waals surface area contributed by atoms with E-state index in [1.165, 1.54) is 12.1 Å². The minimum Gasteiger partial charge on any atom is -0.352 e. The molecule has 7 heteroatoms. The molecule has 0 unspecified atom stereocenters. The first-order chi connectivity index (χ1) is 18.1. The highest BCUT2D eigenvalue weighted by Gasteiger charge is 2.71. The molecule has 1 saturated heterocycles. The summed E-state index contributed by atoms with van der Waals surface area (Å²) in [5.74, 6) is -1.60. The summed E-state index contributed by atoms with van der Waals surface area (Å²) in [6.45, 7) is 5.50. The van der Waals surface area contributed by atoms with Gasteiger partial charge in [0.25, 0.3) is 5.69 Å². The Morgan fingerprint density at radius 3 is 2.05 bits per heavy atom. The fourth-order valence-electron chi connectivity index (χ4n) is 6.54. The van der Waals surface area contributed by atoms with Gasteiger partial charge in [-0.3, -0.25) is 24.5 Å². The van der Waals surface area contributed by atoms with E-state index in [1.807, 2.05) is 62.1 Å². The summed E-state index contributed by atoms with van der Waals surface area (Å²) in [5, 5.41) is 11.4. The van der Waals surface area contributed by atoms with Gasteiger partial charge < -0.3 is 4.90 Å². The second kappa shape index (κ2) is 8.05. The van der Waals surface area contributed by atoms with Crippen LogP contribution in [0.5, 0.6) is 0 Å². The Morgan fingerprint density at radius 2 is 1.47 bits per heavy atom. The standard InChI is InChI=1S/C31H26N2O5/c1-30(2,3)29(36)26-25(19-12-15-20(16-13-19)33(37)38)31(27(34)21-9-5-6-10-22(21)28(31)35)24-17-14-18-8-4-7-11-23(18)32(24)26/h4-17,24-26H,1-3H3/t24-,25+,26-/m1/s1. The summed E-state index contributed by atoms with van der Waals surface area (Å²) in [6.07, 6.45) is 3.79. The Balaban J connectivity index is 1.68. The Labute approximate surface area is 219 Å². The van der Waals surface area contributed by atoms with Gasteiger partial charge in [-0.05, 0) is 17.2 Å². The first-order valence-corrected chi connectivity index (χ1v) is 12.6. The van der Waals surface area contributed by atoms with Crippen LogP contribution in [0.15, 0.2) is 78.9 Å². The van der Waals surface area contributed by atoms with E-state index in [0.29, 0.717) is 16.7 Å².